The fourth-order valence-corrected chi connectivity index (χ4v) is 4.65. The lowest BCUT2D eigenvalue weighted by molar-refractivity contribution is -0.119. The molecule has 0 aliphatic rings. The van der Waals surface area contributed by atoms with Gasteiger partial charge in [-0.05, 0) is 35.9 Å². The van der Waals surface area contributed by atoms with Gasteiger partial charge < -0.3 is 5.32 Å². The van der Waals surface area contributed by atoms with Crippen molar-refractivity contribution in [3.05, 3.63) is 94.5 Å². The van der Waals surface area contributed by atoms with E-state index in [1.54, 1.807) is 60.7 Å². The number of amides is 1. The molecule has 0 aliphatic carbocycles. The van der Waals surface area contributed by atoms with Crippen molar-refractivity contribution in [2.75, 3.05) is 10.8 Å². The van der Waals surface area contributed by atoms with Crippen molar-refractivity contribution in [2.45, 2.75) is 11.4 Å². The van der Waals surface area contributed by atoms with Crippen molar-refractivity contribution in [3.8, 4) is 0 Å². The van der Waals surface area contributed by atoms with Crippen molar-refractivity contribution in [3.63, 3.8) is 0 Å². The van der Waals surface area contributed by atoms with Gasteiger partial charge >= 0.3 is 0 Å². The Labute approximate surface area is 179 Å². The molecule has 0 aromatic heterocycles. The molecular weight excluding hydrogens is 431 g/mol. The highest BCUT2D eigenvalue weighted by atomic mass is 35.5. The van der Waals surface area contributed by atoms with Crippen molar-refractivity contribution in [1.29, 1.82) is 0 Å². The van der Waals surface area contributed by atoms with Gasteiger partial charge in [-0.25, -0.2) is 8.42 Å². The average Bonchev–Trinajstić information content (AvgIpc) is 2.72. The van der Waals surface area contributed by atoms with Gasteiger partial charge in [0.1, 0.15) is 6.54 Å². The van der Waals surface area contributed by atoms with Crippen LogP contribution in [0.4, 0.5) is 5.69 Å². The second-order valence-corrected chi connectivity index (χ2v) is 8.82. The first-order chi connectivity index (χ1) is 13.9. The van der Waals surface area contributed by atoms with Crippen LogP contribution in [0.2, 0.25) is 10.0 Å². The zero-order valence-corrected chi connectivity index (χ0v) is 17.6. The third kappa shape index (κ3) is 5.09. The van der Waals surface area contributed by atoms with E-state index in [0.29, 0.717) is 5.02 Å². The van der Waals surface area contributed by atoms with Crippen LogP contribution in [0.25, 0.3) is 0 Å². The van der Waals surface area contributed by atoms with Gasteiger partial charge in [0.05, 0.1) is 15.6 Å². The SMILES string of the molecule is O=C(CN(c1ccccc1Cl)S(=O)(=O)c1ccccc1)NCc1ccccc1Cl. The lowest BCUT2D eigenvalue weighted by atomic mass is 10.2. The summed E-state index contributed by atoms with van der Waals surface area (Å²) in [6.07, 6.45) is 0. The summed E-state index contributed by atoms with van der Waals surface area (Å²) >= 11 is 12.3. The molecule has 0 radical (unpaired) electrons. The number of nitrogens with one attached hydrogen (secondary N) is 1. The van der Waals surface area contributed by atoms with E-state index in [1.807, 2.05) is 6.07 Å². The van der Waals surface area contributed by atoms with Gasteiger partial charge in [0.2, 0.25) is 5.91 Å². The quantitative estimate of drug-likeness (QED) is 0.578. The standard InChI is InChI=1S/C21H18Cl2N2O3S/c22-18-11-5-4-8-16(18)14-24-21(26)15-25(20-13-7-6-12-19(20)23)29(27,28)17-9-2-1-3-10-17/h1-13H,14-15H2,(H,24,26). The summed E-state index contributed by atoms with van der Waals surface area (Å²) in [4.78, 5) is 12.7. The Bertz CT molecular complexity index is 1110. The van der Waals surface area contributed by atoms with Gasteiger partial charge in [-0.1, -0.05) is 71.7 Å². The predicted octanol–water partition coefficient (Wildman–Crippen LogP) is 4.51. The molecule has 0 spiro atoms. The minimum absolute atomic E-state index is 0.0684. The maximum Gasteiger partial charge on any atom is 0.264 e. The summed E-state index contributed by atoms with van der Waals surface area (Å²) < 4.78 is 27.4. The number of halogens is 2. The largest absolute Gasteiger partial charge is 0.350 e. The molecule has 0 fully saturated rings. The Morgan fingerprint density at radius 2 is 1.41 bits per heavy atom. The second kappa shape index (κ2) is 9.31. The van der Waals surface area contributed by atoms with Crippen LogP contribution >= 0.6 is 23.2 Å². The predicted molar refractivity (Wildman–Crippen MR) is 116 cm³/mol. The number of benzene rings is 3. The lowest BCUT2D eigenvalue weighted by Gasteiger charge is -2.25. The fourth-order valence-electron chi connectivity index (χ4n) is 2.70. The van der Waals surface area contributed by atoms with Gasteiger partial charge in [-0.3, -0.25) is 9.10 Å². The van der Waals surface area contributed by atoms with Crippen LogP contribution in [0.5, 0.6) is 0 Å². The molecule has 0 aliphatic heterocycles. The Balaban J connectivity index is 1.87. The lowest BCUT2D eigenvalue weighted by Crippen LogP contribution is -2.40. The molecule has 150 valence electrons. The van der Waals surface area contributed by atoms with Crippen molar-refractivity contribution in [2.24, 2.45) is 0 Å². The molecule has 0 bridgehead atoms. The molecule has 3 aromatic carbocycles. The first-order valence-corrected chi connectivity index (χ1v) is 10.9. The van der Waals surface area contributed by atoms with Crippen LogP contribution in [0.3, 0.4) is 0 Å². The third-order valence-corrected chi connectivity index (χ3v) is 6.64. The van der Waals surface area contributed by atoms with Crippen LogP contribution in [0, 0.1) is 0 Å². The smallest absolute Gasteiger partial charge is 0.264 e. The third-order valence-electron chi connectivity index (χ3n) is 4.17. The molecule has 1 amide bonds. The first-order valence-electron chi connectivity index (χ1n) is 8.72. The van der Waals surface area contributed by atoms with Crippen LogP contribution < -0.4 is 9.62 Å². The Morgan fingerprint density at radius 3 is 2.07 bits per heavy atom. The van der Waals surface area contributed by atoms with E-state index in [4.69, 9.17) is 23.2 Å². The van der Waals surface area contributed by atoms with E-state index in [9.17, 15) is 13.2 Å². The molecule has 0 heterocycles. The number of para-hydroxylation sites is 1. The van der Waals surface area contributed by atoms with Gasteiger partial charge in [-0.2, -0.15) is 0 Å². The van der Waals surface area contributed by atoms with Crippen molar-refractivity contribution in [1.82, 2.24) is 5.32 Å². The number of hydrogen-bond donors (Lipinski definition) is 1. The number of nitrogens with zero attached hydrogens (tertiary/aromatic N) is 1. The van der Waals surface area contributed by atoms with Crippen LogP contribution in [0.15, 0.2) is 83.8 Å². The van der Waals surface area contributed by atoms with Crippen molar-refractivity contribution < 1.29 is 13.2 Å². The van der Waals surface area contributed by atoms with E-state index in [1.165, 1.54) is 12.1 Å². The summed E-state index contributed by atoms with van der Waals surface area (Å²) in [5, 5.41) is 3.46. The summed E-state index contributed by atoms with van der Waals surface area (Å²) in [6.45, 7) is -0.244. The second-order valence-electron chi connectivity index (χ2n) is 6.14. The zero-order chi connectivity index (χ0) is 20.9. The van der Waals surface area contributed by atoms with Gasteiger partial charge in [0.25, 0.3) is 10.0 Å². The molecule has 3 rings (SSSR count). The highest BCUT2D eigenvalue weighted by Gasteiger charge is 2.28. The molecule has 8 heteroatoms. The van der Waals surface area contributed by atoms with E-state index in [0.717, 1.165) is 9.87 Å². The van der Waals surface area contributed by atoms with Crippen LogP contribution in [-0.4, -0.2) is 20.9 Å². The van der Waals surface area contributed by atoms with E-state index < -0.39 is 22.5 Å². The van der Waals surface area contributed by atoms with Crippen LogP contribution in [0.1, 0.15) is 5.56 Å². The van der Waals surface area contributed by atoms with E-state index in [-0.39, 0.29) is 22.2 Å². The Hall–Kier alpha value is -2.54. The highest BCUT2D eigenvalue weighted by Crippen LogP contribution is 2.30. The van der Waals surface area contributed by atoms with E-state index in [2.05, 4.69) is 5.32 Å². The van der Waals surface area contributed by atoms with E-state index >= 15 is 0 Å². The van der Waals surface area contributed by atoms with Crippen molar-refractivity contribution >= 4 is 44.8 Å². The topological polar surface area (TPSA) is 66.5 Å². The number of carbonyl (C=O) groups excluding carboxylic acids is 1. The molecule has 29 heavy (non-hydrogen) atoms. The number of rotatable bonds is 7. The number of hydrogen-bond acceptors (Lipinski definition) is 3. The molecule has 3 aromatic rings. The molecule has 0 unspecified atom stereocenters. The van der Waals surface area contributed by atoms with Gasteiger partial charge in [0, 0.05) is 11.6 Å². The maximum atomic E-state index is 13.2. The van der Waals surface area contributed by atoms with Gasteiger partial charge in [-0.15, -0.1) is 0 Å². The fraction of sp³-hybridized carbons (Fsp3) is 0.0952. The molecule has 0 saturated carbocycles. The molecule has 0 saturated heterocycles. The minimum Gasteiger partial charge on any atom is -0.350 e. The average molecular weight is 449 g/mol. The zero-order valence-electron chi connectivity index (χ0n) is 15.3. The molecule has 5 nitrogen and oxygen atoms in total. The van der Waals surface area contributed by atoms with Crippen LogP contribution in [-0.2, 0) is 21.4 Å². The molecule has 1 N–H and O–H groups in total. The summed E-state index contributed by atoms with van der Waals surface area (Å²) in [5.41, 5.74) is 0.962. The first kappa shape index (κ1) is 21.2. The number of sulfonamides is 1. The maximum absolute atomic E-state index is 13.2. The summed E-state index contributed by atoms with van der Waals surface area (Å²) in [5.74, 6) is -0.482. The Morgan fingerprint density at radius 1 is 0.828 bits per heavy atom. The normalized spacial score (nSPS) is 11.1. The molecular formula is C21H18Cl2N2O3S. The number of anilines is 1. The van der Waals surface area contributed by atoms with Gasteiger partial charge in [0.15, 0.2) is 0 Å². The summed E-state index contributed by atoms with van der Waals surface area (Å²) in [7, 11) is -4.00. The number of carbonyl (C=O) groups is 1. The monoisotopic (exact) mass is 448 g/mol. The minimum atomic E-state index is -4.00. The highest BCUT2D eigenvalue weighted by molar-refractivity contribution is 7.92. The molecule has 0 atom stereocenters. The summed E-state index contributed by atoms with van der Waals surface area (Å²) in [6, 6.07) is 21.5. The Kier molecular flexibility index (Phi) is 6.79.